The fraction of sp³-hybridized carbons (Fsp3) is 0.692. The normalized spacial score (nSPS) is 11.1. The lowest BCUT2D eigenvalue weighted by Crippen LogP contribution is -2.37. The van der Waals surface area contributed by atoms with Crippen LogP contribution in [0, 0.1) is 0 Å². The van der Waals surface area contributed by atoms with Gasteiger partial charge in [0.2, 0.25) is 0 Å². The monoisotopic (exact) mass is 411 g/mol. The lowest BCUT2D eigenvalue weighted by molar-refractivity contribution is 0.702. The van der Waals surface area contributed by atoms with Crippen LogP contribution in [-0.4, -0.2) is 40.8 Å². The van der Waals surface area contributed by atoms with E-state index in [0.717, 1.165) is 24.7 Å². The van der Waals surface area contributed by atoms with Crippen molar-refractivity contribution in [3.8, 4) is 0 Å². The highest BCUT2D eigenvalue weighted by molar-refractivity contribution is 14.0. The number of guanidine groups is 1. The van der Waals surface area contributed by atoms with Gasteiger partial charge in [0.25, 0.3) is 0 Å². The Labute approximate surface area is 143 Å². The number of aliphatic imine (C=N–C) groups is 1. The van der Waals surface area contributed by atoms with Gasteiger partial charge in [0.05, 0.1) is 12.2 Å². The van der Waals surface area contributed by atoms with E-state index in [1.165, 1.54) is 18.6 Å². The lowest BCUT2D eigenvalue weighted by Gasteiger charge is -2.11. The summed E-state index contributed by atoms with van der Waals surface area (Å²) in [6, 6.07) is 1.99. The van der Waals surface area contributed by atoms with Crippen molar-refractivity contribution in [2.24, 2.45) is 12.0 Å². The summed E-state index contributed by atoms with van der Waals surface area (Å²) < 4.78 is 1.85. The Morgan fingerprint density at radius 2 is 2.20 bits per heavy atom. The van der Waals surface area contributed by atoms with Gasteiger partial charge in [-0.05, 0) is 37.8 Å². The van der Waals surface area contributed by atoms with E-state index >= 15 is 0 Å². The van der Waals surface area contributed by atoms with Gasteiger partial charge < -0.3 is 10.6 Å². The zero-order valence-electron chi connectivity index (χ0n) is 12.6. The summed E-state index contributed by atoms with van der Waals surface area (Å²) in [7, 11) is 1.94. The van der Waals surface area contributed by atoms with Gasteiger partial charge in [-0.15, -0.1) is 24.0 Å². The van der Waals surface area contributed by atoms with Crippen LogP contribution < -0.4 is 10.6 Å². The molecule has 0 bridgehead atoms. The number of aromatic nitrogens is 2. The molecule has 1 heterocycles. The third-order valence-electron chi connectivity index (χ3n) is 2.73. The first-order chi connectivity index (χ1) is 9.27. The van der Waals surface area contributed by atoms with Crippen molar-refractivity contribution >= 4 is 41.7 Å². The van der Waals surface area contributed by atoms with Gasteiger partial charge in [0, 0.05) is 26.3 Å². The molecule has 0 aromatic carbocycles. The number of nitrogens with zero attached hydrogens (tertiary/aromatic N) is 3. The SMILES string of the molecule is CCNC(=NCc1ccnn1C)NCCCCSC.I. The predicted octanol–water partition coefficient (Wildman–Crippen LogP) is 2.24. The maximum absolute atomic E-state index is 4.56. The number of aryl methyl sites for hydroxylation is 1. The molecule has 1 aromatic rings. The standard InChI is InChI=1S/C13H25N5S.HI/c1-4-14-13(15-8-5-6-10-19-3)16-11-12-7-9-17-18(12)2;/h7,9H,4-6,8,10-11H2,1-3H3,(H2,14,15,16);1H. The van der Waals surface area contributed by atoms with Gasteiger partial charge in [-0.1, -0.05) is 0 Å². The van der Waals surface area contributed by atoms with E-state index in [0.29, 0.717) is 6.54 Å². The van der Waals surface area contributed by atoms with Crippen molar-refractivity contribution < 1.29 is 0 Å². The van der Waals surface area contributed by atoms with E-state index in [2.05, 4.69) is 33.9 Å². The average Bonchev–Trinajstić information content (AvgIpc) is 2.81. The van der Waals surface area contributed by atoms with E-state index in [4.69, 9.17) is 0 Å². The zero-order chi connectivity index (χ0) is 13.9. The number of rotatable bonds is 8. The van der Waals surface area contributed by atoms with Crippen LogP contribution in [0.2, 0.25) is 0 Å². The molecule has 20 heavy (non-hydrogen) atoms. The van der Waals surface area contributed by atoms with E-state index < -0.39 is 0 Å². The molecule has 0 atom stereocenters. The minimum atomic E-state index is 0. The van der Waals surface area contributed by atoms with Crippen molar-refractivity contribution in [1.29, 1.82) is 0 Å². The Bertz CT molecular complexity index is 381. The summed E-state index contributed by atoms with van der Waals surface area (Å²) in [5.74, 6) is 2.11. The molecule has 0 spiro atoms. The van der Waals surface area contributed by atoms with E-state index in [-0.39, 0.29) is 24.0 Å². The van der Waals surface area contributed by atoms with Crippen molar-refractivity contribution in [3.05, 3.63) is 18.0 Å². The maximum atomic E-state index is 4.56. The second-order valence-corrected chi connectivity index (χ2v) is 5.25. The van der Waals surface area contributed by atoms with Crippen LogP contribution in [0.25, 0.3) is 0 Å². The van der Waals surface area contributed by atoms with Gasteiger partial charge in [0.1, 0.15) is 0 Å². The molecule has 0 radical (unpaired) electrons. The second kappa shape index (κ2) is 12.3. The highest BCUT2D eigenvalue weighted by Gasteiger charge is 1.99. The summed E-state index contributed by atoms with van der Waals surface area (Å²) in [6.45, 7) is 4.57. The van der Waals surface area contributed by atoms with Gasteiger partial charge in [-0.3, -0.25) is 4.68 Å². The molecule has 0 amide bonds. The Morgan fingerprint density at radius 1 is 1.40 bits per heavy atom. The molecule has 0 saturated heterocycles. The molecule has 1 aromatic heterocycles. The molecule has 1 rings (SSSR count). The van der Waals surface area contributed by atoms with E-state index in [1.54, 1.807) is 6.20 Å². The molecular formula is C13H26IN5S. The molecule has 0 aliphatic carbocycles. The number of hydrogen-bond donors (Lipinski definition) is 2. The first kappa shape index (κ1) is 19.6. The molecule has 0 aliphatic heterocycles. The highest BCUT2D eigenvalue weighted by Crippen LogP contribution is 1.99. The fourth-order valence-electron chi connectivity index (χ4n) is 1.64. The molecular weight excluding hydrogens is 385 g/mol. The van der Waals surface area contributed by atoms with Crippen molar-refractivity contribution in [3.63, 3.8) is 0 Å². The van der Waals surface area contributed by atoms with Gasteiger partial charge >= 0.3 is 0 Å². The predicted molar refractivity (Wildman–Crippen MR) is 99.1 cm³/mol. The first-order valence-corrected chi connectivity index (χ1v) is 8.15. The topological polar surface area (TPSA) is 54.2 Å². The van der Waals surface area contributed by atoms with Crippen LogP contribution in [-0.2, 0) is 13.6 Å². The zero-order valence-corrected chi connectivity index (χ0v) is 15.7. The lowest BCUT2D eigenvalue weighted by atomic mass is 10.3. The number of unbranched alkanes of at least 4 members (excludes halogenated alkanes) is 1. The van der Waals surface area contributed by atoms with Crippen molar-refractivity contribution in [2.75, 3.05) is 25.1 Å². The van der Waals surface area contributed by atoms with Crippen molar-refractivity contribution in [2.45, 2.75) is 26.3 Å². The van der Waals surface area contributed by atoms with Crippen LogP contribution >= 0.6 is 35.7 Å². The minimum absolute atomic E-state index is 0. The Kier molecular flexibility index (Phi) is 12.0. The van der Waals surface area contributed by atoms with Crippen LogP contribution in [0.15, 0.2) is 17.3 Å². The third-order valence-corrected chi connectivity index (χ3v) is 3.43. The van der Waals surface area contributed by atoms with Crippen LogP contribution in [0.3, 0.4) is 0 Å². The summed E-state index contributed by atoms with van der Waals surface area (Å²) >= 11 is 1.90. The largest absolute Gasteiger partial charge is 0.357 e. The molecule has 0 saturated carbocycles. The quantitative estimate of drug-likeness (QED) is 0.298. The molecule has 0 unspecified atom stereocenters. The molecule has 2 N–H and O–H groups in total. The van der Waals surface area contributed by atoms with Crippen molar-refractivity contribution in [1.82, 2.24) is 20.4 Å². The van der Waals surface area contributed by atoms with E-state index in [9.17, 15) is 0 Å². The Hall–Kier alpha value is -0.440. The number of thioether (sulfide) groups is 1. The third kappa shape index (κ3) is 7.98. The summed E-state index contributed by atoms with van der Waals surface area (Å²) in [5.41, 5.74) is 1.11. The van der Waals surface area contributed by atoms with E-state index in [1.807, 2.05) is 29.6 Å². The number of hydrogen-bond acceptors (Lipinski definition) is 3. The average molecular weight is 411 g/mol. The second-order valence-electron chi connectivity index (χ2n) is 4.27. The van der Waals surface area contributed by atoms with Crippen LogP contribution in [0.4, 0.5) is 0 Å². The Balaban J connectivity index is 0.00000361. The molecule has 116 valence electrons. The molecule has 5 nitrogen and oxygen atoms in total. The van der Waals surface area contributed by atoms with Crippen LogP contribution in [0.5, 0.6) is 0 Å². The molecule has 0 aliphatic rings. The summed E-state index contributed by atoms with van der Waals surface area (Å²) in [4.78, 5) is 4.56. The fourth-order valence-corrected chi connectivity index (χ4v) is 2.13. The van der Waals surface area contributed by atoms with Gasteiger partial charge in [0.15, 0.2) is 5.96 Å². The molecule has 7 heteroatoms. The van der Waals surface area contributed by atoms with Crippen LogP contribution in [0.1, 0.15) is 25.5 Å². The van der Waals surface area contributed by atoms with Gasteiger partial charge in [-0.25, -0.2) is 4.99 Å². The highest BCUT2D eigenvalue weighted by atomic mass is 127. The summed E-state index contributed by atoms with van der Waals surface area (Å²) in [5, 5.41) is 10.8. The first-order valence-electron chi connectivity index (χ1n) is 6.76. The molecule has 0 fully saturated rings. The number of halogens is 1. The number of nitrogens with one attached hydrogen (secondary N) is 2. The van der Waals surface area contributed by atoms with Gasteiger partial charge in [-0.2, -0.15) is 16.9 Å². The minimum Gasteiger partial charge on any atom is -0.357 e. The Morgan fingerprint density at radius 3 is 2.80 bits per heavy atom. The summed E-state index contributed by atoms with van der Waals surface area (Å²) in [6.07, 6.45) is 6.37. The smallest absolute Gasteiger partial charge is 0.191 e. The maximum Gasteiger partial charge on any atom is 0.191 e.